The van der Waals surface area contributed by atoms with Crippen molar-refractivity contribution in [3.63, 3.8) is 0 Å². The molecule has 2 aliphatic rings. The van der Waals surface area contributed by atoms with Crippen molar-refractivity contribution in [3.8, 4) is 11.8 Å². The Morgan fingerprint density at radius 3 is 2.29 bits per heavy atom. The second-order valence-corrected chi connectivity index (χ2v) is 9.46. The lowest BCUT2D eigenvalue weighted by Crippen LogP contribution is -2.37. The fraction of sp³-hybridized carbons (Fsp3) is 0.455. The summed E-state index contributed by atoms with van der Waals surface area (Å²) in [6.45, 7) is 1.28. The topological polar surface area (TPSA) is 77.5 Å². The third kappa shape index (κ3) is 4.23. The number of nitriles is 1. The van der Waals surface area contributed by atoms with E-state index in [1.54, 1.807) is 23.9 Å². The number of halogens is 5. The number of hydrogen-bond acceptors (Lipinski definition) is 4. The lowest BCUT2D eigenvalue weighted by molar-refractivity contribution is -0.137. The van der Waals surface area contributed by atoms with E-state index in [0.29, 0.717) is 31.5 Å². The molecule has 0 bridgehead atoms. The van der Waals surface area contributed by atoms with Crippen LogP contribution in [0.1, 0.15) is 42.5 Å². The van der Waals surface area contributed by atoms with Crippen LogP contribution >= 0.6 is 23.2 Å². The van der Waals surface area contributed by atoms with Crippen LogP contribution in [0.3, 0.4) is 0 Å². The largest absolute Gasteiger partial charge is 0.416 e. The number of rotatable bonds is 5. The van der Waals surface area contributed by atoms with Crippen molar-refractivity contribution in [1.29, 1.82) is 5.26 Å². The third-order valence-electron chi connectivity index (χ3n) is 5.97. The molecule has 7 nitrogen and oxygen atoms in total. The first-order valence-electron chi connectivity index (χ1n) is 10.6. The highest BCUT2D eigenvalue weighted by molar-refractivity contribution is 6.38. The first kappa shape index (κ1) is 24.4. The number of aromatic nitrogens is 2. The van der Waals surface area contributed by atoms with Crippen LogP contribution in [0.5, 0.6) is 0 Å². The summed E-state index contributed by atoms with van der Waals surface area (Å²) in [5.74, 6) is 0.0471. The monoisotopic (exact) mass is 512 g/mol. The Kier molecular flexibility index (Phi) is 6.29. The number of carbonyl (C=O) groups excluding carboxylic acids is 1. The van der Waals surface area contributed by atoms with Crippen LogP contribution in [0.25, 0.3) is 5.69 Å². The molecule has 1 aliphatic heterocycles. The second-order valence-electron chi connectivity index (χ2n) is 8.65. The number of alkyl halides is 3. The number of aliphatic imine (C=N–C) groups is 1. The van der Waals surface area contributed by atoms with E-state index >= 15 is 0 Å². The van der Waals surface area contributed by atoms with Crippen LogP contribution < -0.4 is 0 Å². The number of benzene rings is 1. The van der Waals surface area contributed by atoms with E-state index in [1.165, 1.54) is 6.34 Å². The van der Waals surface area contributed by atoms with Crippen LogP contribution in [0, 0.1) is 11.3 Å². The molecular formula is C22H21Cl2F3N6O. The average Bonchev–Trinajstić information content (AvgIpc) is 3.20. The van der Waals surface area contributed by atoms with Crippen molar-refractivity contribution in [2.75, 3.05) is 27.2 Å². The van der Waals surface area contributed by atoms with E-state index < -0.39 is 17.2 Å². The van der Waals surface area contributed by atoms with Crippen molar-refractivity contribution in [2.45, 2.75) is 37.3 Å². The van der Waals surface area contributed by atoms with Crippen LogP contribution in [0.4, 0.5) is 19.0 Å². The van der Waals surface area contributed by atoms with Gasteiger partial charge in [0.1, 0.15) is 11.8 Å². The van der Waals surface area contributed by atoms with E-state index in [9.17, 15) is 23.2 Å². The molecule has 2 aromatic rings. The SMILES string of the molecule is CN(C)/C=N\c1c(C2(C(=O)N3CCCC3)CC2)c(C#N)nn1-c1c(Cl)cc(C(F)(F)F)cc1Cl. The van der Waals surface area contributed by atoms with Gasteiger partial charge in [-0.15, -0.1) is 0 Å². The summed E-state index contributed by atoms with van der Waals surface area (Å²) in [4.78, 5) is 21.3. The number of nitrogens with zero attached hydrogens (tertiary/aromatic N) is 6. The molecule has 4 rings (SSSR count). The minimum atomic E-state index is -4.65. The van der Waals surface area contributed by atoms with Gasteiger partial charge in [0, 0.05) is 27.2 Å². The lowest BCUT2D eigenvalue weighted by atomic mass is 9.93. The molecule has 1 saturated carbocycles. The maximum absolute atomic E-state index is 13.5. The van der Waals surface area contributed by atoms with E-state index in [0.717, 1.165) is 29.7 Å². The molecule has 1 aromatic carbocycles. The quantitative estimate of drug-likeness (QED) is 0.419. The Bertz CT molecular complexity index is 1180. The van der Waals surface area contributed by atoms with Gasteiger partial charge < -0.3 is 9.80 Å². The minimum absolute atomic E-state index is 0.0389. The van der Waals surface area contributed by atoms with Crippen LogP contribution in [0.15, 0.2) is 17.1 Å². The Labute approximate surface area is 204 Å². The van der Waals surface area contributed by atoms with Gasteiger partial charge >= 0.3 is 6.18 Å². The molecular weight excluding hydrogens is 492 g/mol. The number of amides is 1. The molecule has 12 heteroatoms. The zero-order chi connectivity index (χ0) is 24.8. The Morgan fingerprint density at radius 2 is 1.82 bits per heavy atom. The van der Waals surface area contributed by atoms with Gasteiger partial charge in [-0.3, -0.25) is 4.79 Å². The van der Waals surface area contributed by atoms with E-state index in [4.69, 9.17) is 23.2 Å². The molecule has 1 aliphatic carbocycles. The summed E-state index contributed by atoms with van der Waals surface area (Å²) in [6, 6.07) is 3.52. The summed E-state index contributed by atoms with van der Waals surface area (Å²) in [7, 11) is 3.46. The van der Waals surface area contributed by atoms with Crippen molar-refractivity contribution < 1.29 is 18.0 Å². The maximum Gasteiger partial charge on any atom is 0.416 e. The predicted octanol–water partition coefficient (Wildman–Crippen LogP) is 4.94. The fourth-order valence-electron chi connectivity index (χ4n) is 4.22. The van der Waals surface area contributed by atoms with Gasteiger partial charge in [0.2, 0.25) is 5.91 Å². The third-order valence-corrected chi connectivity index (χ3v) is 6.54. The van der Waals surface area contributed by atoms with Gasteiger partial charge in [0.25, 0.3) is 0 Å². The minimum Gasteiger partial charge on any atom is -0.369 e. The van der Waals surface area contributed by atoms with Gasteiger partial charge in [-0.05, 0) is 37.8 Å². The number of hydrogen-bond donors (Lipinski definition) is 0. The van der Waals surface area contributed by atoms with Gasteiger partial charge in [0.05, 0.1) is 32.9 Å². The highest BCUT2D eigenvalue weighted by atomic mass is 35.5. The van der Waals surface area contributed by atoms with E-state index in [1.807, 2.05) is 6.07 Å². The van der Waals surface area contributed by atoms with Crippen molar-refractivity contribution >= 4 is 41.3 Å². The number of carbonyl (C=O) groups is 1. The Hall–Kier alpha value is -2.77. The van der Waals surface area contributed by atoms with Gasteiger partial charge in [-0.25, -0.2) is 9.67 Å². The molecule has 1 saturated heterocycles. The van der Waals surface area contributed by atoms with Crippen molar-refractivity contribution in [1.82, 2.24) is 19.6 Å². The molecule has 0 spiro atoms. The molecule has 1 amide bonds. The molecule has 0 N–H and O–H groups in total. The molecule has 34 heavy (non-hydrogen) atoms. The molecule has 180 valence electrons. The fourth-order valence-corrected chi connectivity index (χ4v) is 4.87. The zero-order valence-corrected chi connectivity index (χ0v) is 20.0. The standard InChI is InChI=1S/C22H21Cl2F3N6O/c1-31(2)12-29-19-17(21(5-6-21)20(34)32-7-3-4-8-32)16(11-28)30-33(19)18-14(23)9-13(10-15(18)24)22(25,26)27/h9-10,12H,3-8H2,1-2H3/b29-12-. The molecule has 1 aromatic heterocycles. The van der Waals surface area contributed by atoms with Crippen molar-refractivity contribution in [3.05, 3.63) is 39.0 Å². The van der Waals surface area contributed by atoms with Gasteiger partial charge in [-0.1, -0.05) is 23.2 Å². The summed E-state index contributed by atoms with van der Waals surface area (Å²) in [6.07, 6.45) is -0.335. The highest BCUT2D eigenvalue weighted by Gasteiger charge is 2.57. The summed E-state index contributed by atoms with van der Waals surface area (Å²) in [5, 5.41) is 13.6. The normalized spacial score (nSPS) is 17.3. The first-order chi connectivity index (χ1) is 16.0. The smallest absolute Gasteiger partial charge is 0.369 e. The van der Waals surface area contributed by atoms with E-state index in [-0.39, 0.29) is 33.2 Å². The van der Waals surface area contributed by atoms with Crippen LogP contribution in [-0.2, 0) is 16.4 Å². The zero-order valence-electron chi connectivity index (χ0n) is 18.5. The molecule has 0 radical (unpaired) electrons. The molecule has 2 heterocycles. The predicted molar refractivity (Wildman–Crippen MR) is 122 cm³/mol. The maximum atomic E-state index is 13.5. The average molecular weight is 513 g/mol. The lowest BCUT2D eigenvalue weighted by Gasteiger charge is -2.23. The summed E-state index contributed by atoms with van der Waals surface area (Å²) < 4.78 is 40.9. The highest BCUT2D eigenvalue weighted by Crippen LogP contribution is 2.55. The van der Waals surface area contributed by atoms with E-state index in [2.05, 4.69) is 10.1 Å². The number of likely N-dealkylation sites (tertiary alicyclic amines) is 1. The van der Waals surface area contributed by atoms with Gasteiger partial charge in [0.15, 0.2) is 11.5 Å². The molecule has 0 atom stereocenters. The summed E-state index contributed by atoms with van der Waals surface area (Å²) in [5.41, 5.74) is -1.72. The van der Waals surface area contributed by atoms with Crippen LogP contribution in [-0.4, -0.2) is 59.0 Å². The molecule has 0 unspecified atom stereocenters. The van der Waals surface area contributed by atoms with Gasteiger partial charge in [-0.2, -0.15) is 23.5 Å². The molecule has 2 fully saturated rings. The van der Waals surface area contributed by atoms with Crippen molar-refractivity contribution in [2.24, 2.45) is 4.99 Å². The second kappa shape index (κ2) is 8.78. The Balaban J connectivity index is 1.94. The Morgan fingerprint density at radius 1 is 1.24 bits per heavy atom. The summed E-state index contributed by atoms with van der Waals surface area (Å²) >= 11 is 12.5. The first-order valence-corrected chi connectivity index (χ1v) is 11.4. The van der Waals surface area contributed by atoms with Crippen LogP contribution in [0.2, 0.25) is 10.0 Å².